The van der Waals surface area contributed by atoms with E-state index in [1.54, 1.807) is 0 Å². The highest BCUT2D eigenvalue weighted by Gasteiger charge is 2.16. The van der Waals surface area contributed by atoms with E-state index in [2.05, 4.69) is 12.1 Å². The summed E-state index contributed by atoms with van der Waals surface area (Å²) < 4.78 is 10.8. The maximum absolute atomic E-state index is 5.55. The zero-order valence-electron chi connectivity index (χ0n) is 8.32. The lowest BCUT2D eigenvalue weighted by atomic mass is 10.1. The Kier molecular flexibility index (Phi) is 3.55. The number of rotatable bonds is 5. The summed E-state index contributed by atoms with van der Waals surface area (Å²) >= 11 is 0. The van der Waals surface area contributed by atoms with E-state index in [1.165, 1.54) is 12.0 Å². The summed E-state index contributed by atoms with van der Waals surface area (Å²) in [6.45, 7) is 2.45. The summed E-state index contributed by atoms with van der Waals surface area (Å²) in [5, 5.41) is 0. The predicted octanol–water partition coefficient (Wildman–Crippen LogP) is 2.38. The van der Waals surface area contributed by atoms with Crippen molar-refractivity contribution in [2.45, 2.75) is 25.6 Å². The van der Waals surface area contributed by atoms with Gasteiger partial charge in [0.25, 0.3) is 0 Å². The second-order valence-electron chi connectivity index (χ2n) is 3.61. The van der Waals surface area contributed by atoms with Gasteiger partial charge in [0.1, 0.15) is 0 Å². The highest BCUT2D eigenvalue weighted by molar-refractivity contribution is 5.13. The van der Waals surface area contributed by atoms with Crippen molar-refractivity contribution in [1.82, 2.24) is 0 Å². The maximum Gasteiger partial charge on any atom is 0.0716 e. The van der Waals surface area contributed by atoms with E-state index in [0.717, 1.165) is 19.6 Å². The Hall–Kier alpha value is -0.860. The Morgan fingerprint density at radius 3 is 2.71 bits per heavy atom. The molecule has 1 aromatic rings. The van der Waals surface area contributed by atoms with Gasteiger partial charge in [-0.15, -0.1) is 0 Å². The van der Waals surface area contributed by atoms with Crippen molar-refractivity contribution in [2.24, 2.45) is 0 Å². The van der Waals surface area contributed by atoms with Crippen LogP contribution in [0.3, 0.4) is 0 Å². The van der Waals surface area contributed by atoms with Crippen LogP contribution in [0.4, 0.5) is 0 Å². The van der Waals surface area contributed by atoms with E-state index in [-0.39, 0.29) is 0 Å². The molecular weight excluding hydrogens is 176 g/mol. The molecule has 0 N–H and O–H groups in total. The Morgan fingerprint density at radius 1 is 1.29 bits per heavy atom. The SMILES string of the molecule is c1ccc(COCC[C@@H]2CCO2)cc1. The Balaban J connectivity index is 1.58. The fourth-order valence-corrected chi connectivity index (χ4v) is 1.49. The molecule has 2 nitrogen and oxygen atoms in total. The minimum Gasteiger partial charge on any atom is -0.378 e. The van der Waals surface area contributed by atoms with Crippen molar-refractivity contribution in [1.29, 1.82) is 0 Å². The third-order valence-electron chi connectivity index (χ3n) is 2.49. The minimum atomic E-state index is 0.464. The van der Waals surface area contributed by atoms with Gasteiger partial charge in [-0.2, -0.15) is 0 Å². The molecule has 0 amide bonds. The molecule has 0 bridgehead atoms. The van der Waals surface area contributed by atoms with Crippen LogP contribution in [0.5, 0.6) is 0 Å². The fraction of sp³-hybridized carbons (Fsp3) is 0.500. The molecule has 0 unspecified atom stereocenters. The summed E-state index contributed by atoms with van der Waals surface area (Å²) in [7, 11) is 0. The van der Waals surface area contributed by atoms with Gasteiger partial charge in [-0.3, -0.25) is 0 Å². The highest BCUT2D eigenvalue weighted by Crippen LogP contribution is 2.14. The first-order valence-electron chi connectivity index (χ1n) is 5.18. The molecule has 1 aliphatic rings. The van der Waals surface area contributed by atoms with Gasteiger partial charge in [-0.05, 0) is 18.4 Å². The summed E-state index contributed by atoms with van der Waals surface area (Å²) in [6.07, 6.45) is 2.70. The minimum absolute atomic E-state index is 0.464. The Morgan fingerprint density at radius 2 is 2.07 bits per heavy atom. The molecular formula is C12H16O2. The van der Waals surface area contributed by atoms with Gasteiger partial charge in [0.2, 0.25) is 0 Å². The average molecular weight is 192 g/mol. The molecule has 1 aliphatic heterocycles. The van der Waals surface area contributed by atoms with Gasteiger partial charge in [0.15, 0.2) is 0 Å². The van der Waals surface area contributed by atoms with Crippen LogP contribution in [0.2, 0.25) is 0 Å². The van der Waals surface area contributed by atoms with Gasteiger partial charge in [0, 0.05) is 13.2 Å². The summed E-state index contributed by atoms with van der Waals surface area (Å²) in [5.41, 5.74) is 1.24. The van der Waals surface area contributed by atoms with E-state index in [0.29, 0.717) is 12.7 Å². The smallest absolute Gasteiger partial charge is 0.0716 e. The molecule has 14 heavy (non-hydrogen) atoms. The van der Waals surface area contributed by atoms with Crippen molar-refractivity contribution in [3.05, 3.63) is 35.9 Å². The molecule has 2 rings (SSSR count). The highest BCUT2D eigenvalue weighted by atomic mass is 16.5. The van der Waals surface area contributed by atoms with Crippen LogP contribution in [-0.4, -0.2) is 19.3 Å². The molecule has 0 aromatic heterocycles. The van der Waals surface area contributed by atoms with E-state index in [9.17, 15) is 0 Å². The van der Waals surface area contributed by atoms with E-state index < -0.39 is 0 Å². The molecule has 1 fully saturated rings. The lowest BCUT2D eigenvalue weighted by molar-refractivity contribution is -0.0676. The van der Waals surface area contributed by atoms with Gasteiger partial charge in [-0.25, -0.2) is 0 Å². The van der Waals surface area contributed by atoms with Gasteiger partial charge < -0.3 is 9.47 Å². The van der Waals surface area contributed by atoms with Crippen LogP contribution in [0.25, 0.3) is 0 Å². The lowest BCUT2D eigenvalue weighted by Gasteiger charge is -2.26. The standard InChI is InChI=1S/C12H16O2/c1-2-4-11(5-3-1)10-13-8-6-12-7-9-14-12/h1-5,12H,6-10H2/t12-/m1/s1. The first kappa shape index (κ1) is 9.69. The Labute approximate surface area is 84.8 Å². The van der Waals surface area contributed by atoms with Crippen molar-refractivity contribution < 1.29 is 9.47 Å². The van der Waals surface area contributed by atoms with Gasteiger partial charge >= 0.3 is 0 Å². The largest absolute Gasteiger partial charge is 0.378 e. The summed E-state index contributed by atoms with van der Waals surface area (Å²) in [6, 6.07) is 10.3. The Bertz CT molecular complexity index is 254. The molecule has 0 radical (unpaired) electrons. The van der Waals surface area contributed by atoms with E-state index in [1.807, 2.05) is 18.2 Å². The van der Waals surface area contributed by atoms with Gasteiger partial charge in [0.05, 0.1) is 12.7 Å². The molecule has 2 heteroatoms. The average Bonchev–Trinajstić information content (AvgIpc) is 2.16. The number of ether oxygens (including phenoxy) is 2. The van der Waals surface area contributed by atoms with E-state index >= 15 is 0 Å². The van der Waals surface area contributed by atoms with Crippen LogP contribution in [0, 0.1) is 0 Å². The molecule has 0 saturated carbocycles. The monoisotopic (exact) mass is 192 g/mol. The first-order chi connectivity index (χ1) is 6.95. The normalized spacial score (nSPS) is 20.4. The lowest BCUT2D eigenvalue weighted by Crippen LogP contribution is -2.27. The topological polar surface area (TPSA) is 18.5 Å². The van der Waals surface area contributed by atoms with Crippen LogP contribution >= 0.6 is 0 Å². The van der Waals surface area contributed by atoms with Crippen molar-refractivity contribution in [2.75, 3.05) is 13.2 Å². The molecule has 1 aromatic carbocycles. The second kappa shape index (κ2) is 5.13. The van der Waals surface area contributed by atoms with Crippen molar-refractivity contribution in [3.63, 3.8) is 0 Å². The van der Waals surface area contributed by atoms with Crippen molar-refractivity contribution >= 4 is 0 Å². The first-order valence-corrected chi connectivity index (χ1v) is 5.18. The predicted molar refractivity (Wildman–Crippen MR) is 55.1 cm³/mol. The van der Waals surface area contributed by atoms with Crippen LogP contribution in [-0.2, 0) is 16.1 Å². The van der Waals surface area contributed by atoms with Crippen LogP contribution in [0.15, 0.2) is 30.3 Å². The number of hydrogen-bond donors (Lipinski definition) is 0. The third-order valence-corrected chi connectivity index (χ3v) is 2.49. The van der Waals surface area contributed by atoms with Crippen LogP contribution in [0.1, 0.15) is 18.4 Å². The number of benzene rings is 1. The molecule has 76 valence electrons. The summed E-state index contributed by atoms with van der Waals surface area (Å²) in [4.78, 5) is 0. The molecule has 0 aliphatic carbocycles. The molecule has 1 atom stereocenters. The summed E-state index contributed by atoms with van der Waals surface area (Å²) in [5.74, 6) is 0. The second-order valence-corrected chi connectivity index (χ2v) is 3.61. The van der Waals surface area contributed by atoms with Crippen molar-refractivity contribution in [3.8, 4) is 0 Å². The fourth-order valence-electron chi connectivity index (χ4n) is 1.49. The molecule has 0 spiro atoms. The van der Waals surface area contributed by atoms with Gasteiger partial charge in [-0.1, -0.05) is 30.3 Å². The molecule has 1 saturated heterocycles. The quantitative estimate of drug-likeness (QED) is 0.667. The van der Waals surface area contributed by atoms with E-state index in [4.69, 9.17) is 9.47 Å². The molecule has 1 heterocycles. The maximum atomic E-state index is 5.55. The number of hydrogen-bond acceptors (Lipinski definition) is 2. The third kappa shape index (κ3) is 2.82. The zero-order valence-corrected chi connectivity index (χ0v) is 8.32. The zero-order chi connectivity index (χ0) is 9.64. The van der Waals surface area contributed by atoms with Crippen LogP contribution < -0.4 is 0 Å².